The van der Waals surface area contributed by atoms with Crippen LogP contribution in [0.1, 0.15) is 56.1 Å². The molecule has 1 aromatic rings. The first-order valence-corrected chi connectivity index (χ1v) is 8.31. The van der Waals surface area contributed by atoms with Crippen molar-refractivity contribution >= 4 is 11.8 Å². The maximum Gasteiger partial charge on any atom is 0.247 e. The number of nitrogens with two attached hydrogens (primary N) is 1. The molecule has 0 aliphatic heterocycles. The summed E-state index contributed by atoms with van der Waals surface area (Å²) in [6.45, 7) is 0. The zero-order chi connectivity index (χ0) is 15.6. The smallest absolute Gasteiger partial charge is 0.247 e. The summed E-state index contributed by atoms with van der Waals surface area (Å²) in [4.78, 5) is 24.6. The van der Waals surface area contributed by atoms with E-state index in [-0.39, 0.29) is 5.91 Å². The maximum atomic E-state index is 12.5. The van der Waals surface area contributed by atoms with Crippen LogP contribution in [0.15, 0.2) is 24.3 Å². The zero-order valence-corrected chi connectivity index (χ0v) is 12.9. The normalized spacial score (nSPS) is 24.7. The summed E-state index contributed by atoms with van der Waals surface area (Å²) in [6, 6.07) is 7.77. The Morgan fingerprint density at radius 1 is 1.18 bits per heavy atom. The van der Waals surface area contributed by atoms with Crippen LogP contribution in [0.4, 0.5) is 0 Å². The standard InChI is InChI=1S/C18H24N2O2/c19-17(22)18(11-10-14-8-4-5-9-15(14)18)20-16(21)12-13-6-2-1-3-7-13/h4-5,8-9,13H,1-3,6-7,10-12H2,(H2,19,22)(H,20,21)/t18-/m1/s1. The van der Waals surface area contributed by atoms with Crippen LogP contribution in [-0.2, 0) is 21.5 Å². The summed E-state index contributed by atoms with van der Waals surface area (Å²) in [5.74, 6) is -0.0350. The minimum Gasteiger partial charge on any atom is -0.367 e. The Kier molecular flexibility index (Phi) is 4.19. The molecule has 0 spiro atoms. The monoisotopic (exact) mass is 300 g/mol. The molecule has 1 atom stereocenters. The highest BCUT2D eigenvalue weighted by Gasteiger charge is 2.45. The predicted molar refractivity (Wildman–Crippen MR) is 85.0 cm³/mol. The molecule has 3 rings (SSSR count). The van der Waals surface area contributed by atoms with E-state index in [1.54, 1.807) is 0 Å². The van der Waals surface area contributed by atoms with Gasteiger partial charge < -0.3 is 11.1 Å². The van der Waals surface area contributed by atoms with Crippen LogP contribution in [0, 0.1) is 5.92 Å². The molecule has 4 nitrogen and oxygen atoms in total. The molecule has 2 amide bonds. The lowest BCUT2D eigenvalue weighted by Gasteiger charge is -2.30. The predicted octanol–water partition coefficient (Wildman–Crippen LogP) is 2.40. The lowest BCUT2D eigenvalue weighted by Crippen LogP contribution is -2.53. The largest absolute Gasteiger partial charge is 0.367 e. The number of rotatable bonds is 4. The Balaban J connectivity index is 1.75. The first-order chi connectivity index (χ1) is 10.6. The highest BCUT2D eigenvalue weighted by Crippen LogP contribution is 2.37. The fourth-order valence-electron chi connectivity index (χ4n) is 4.00. The van der Waals surface area contributed by atoms with E-state index in [1.165, 1.54) is 19.3 Å². The molecule has 0 unspecified atom stereocenters. The molecule has 1 fully saturated rings. The van der Waals surface area contributed by atoms with E-state index in [4.69, 9.17) is 5.73 Å². The Morgan fingerprint density at radius 3 is 2.64 bits per heavy atom. The van der Waals surface area contributed by atoms with Crippen molar-refractivity contribution in [2.24, 2.45) is 11.7 Å². The Morgan fingerprint density at radius 2 is 1.91 bits per heavy atom. The average Bonchev–Trinajstić information content (AvgIpc) is 2.88. The van der Waals surface area contributed by atoms with E-state index < -0.39 is 11.4 Å². The van der Waals surface area contributed by atoms with E-state index in [0.717, 1.165) is 30.4 Å². The van der Waals surface area contributed by atoms with E-state index in [1.807, 2.05) is 24.3 Å². The first kappa shape index (κ1) is 15.1. The van der Waals surface area contributed by atoms with Gasteiger partial charge in [-0.1, -0.05) is 43.5 Å². The third kappa shape index (κ3) is 2.74. The highest BCUT2D eigenvalue weighted by atomic mass is 16.2. The molecule has 118 valence electrons. The summed E-state index contributed by atoms with van der Waals surface area (Å²) in [5, 5.41) is 2.98. The van der Waals surface area contributed by atoms with Crippen molar-refractivity contribution in [3.63, 3.8) is 0 Å². The molecule has 0 aromatic heterocycles. The Bertz CT molecular complexity index is 578. The van der Waals surface area contributed by atoms with Gasteiger partial charge in [-0.15, -0.1) is 0 Å². The first-order valence-electron chi connectivity index (χ1n) is 8.31. The topological polar surface area (TPSA) is 72.2 Å². The van der Waals surface area contributed by atoms with Crippen molar-refractivity contribution < 1.29 is 9.59 Å². The molecular formula is C18H24N2O2. The molecule has 2 aliphatic carbocycles. The SMILES string of the molecule is NC(=O)[C@@]1(NC(=O)CC2CCCCC2)CCc2ccccc21. The van der Waals surface area contributed by atoms with Crippen LogP contribution in [0.5, 0.6) is 0 Å². The van der Waals surface area contributed by atoms with Gasteiger partial charge in [-0.25, -0.2) is 0 Å². The van der Waals surface area contributed by atoms with Gasteiger partial charge >= 0.3 is 0 Å². The summed E-state index contributed by atoms with van der Waals surface area (Å²) in [6.07, 6.45) is 7.79. The van der Waals surface area contributed by atoms with Crippen molar-refractivity contribution in [3.8, 4) is 0 Å². The fourth-order valence-corrected chi connectivity index (χ4v) is 4.00. The van der Waals surface area contributed by atoms with Gasteiger partial charge in [-0.3, -0.25) is 9.59 Å². The number of carbonyl (C=O) groups excluding carboxylic acids is 2. The van der Waals surface area contributed by atoms with Crippen LogP contribution < -0.4 is 11.1 Å². The molecule has 3 N–H and O–H groups in total. The van der Waals surface area contributed by atoms with Crippen LogP contribution in [-0.4, -0.2) is 11.8 Å². The molecule has 4 heteroatoms. The fraction of sp³-hybridized carbons (Fsp3) is 0.556. The second kappa shape index (κ2) is 6.11. The number of aryl methyl sites for hydroxylation is 1. The lowest BCUT2D eigenvalue weighted by molar-refractivity contribution is -0.132. The van der Waals surface area contributed by atoms with Crippen molar-refractivity contribution in [2.75, 3.05) is 0 Å². The van der Waals surface area contributed by atoms with E-state index >= 15 is 0 Å². The molecule has 0 heterocycles. The van der Waals surface area contributed by atoms with Gasteiger partial charge in [-0.05, 0) is 42.7 Å². The third-order valence-electron chi connectivity index (χ3n) is 5.22. The van der Waals surface area contributed by atoms with Gasteiger partial charge in [0.1, 0.15) is 5.54 Å². The number of benzene rings is 1. The van der Waals surface area contributed by atoms with Crippen molar-refractivity contribution in [2.45, 2.75) is 56.9 Å². The summed E-state index contributed by atoms with van der Waals surface area (Å²) < 4.78 is 0. The van der Waals surface area contributed by atoms with Gasteiger partial charge in [0.25, 0.3) is 0 Å². The van der Waals surface area contributed by atoms with E-state index in [0.29, 0.717) is 18.8 Å². The minimum absolute atomic E-state index is 0.0394. The van der Waals surface area contributed by atoms with E-state index in [2.05, 4.69) is 5.32 Å². The summed E-state index contributed by atoms with van der Waals surface area (Å²) in [7, 11) is 0. The van der Waals surface area contributed by atoms with Gasteiger partial charge in [0.2, 0.25) is 11.8 Å². The molecule has 22 heavy (non-hydrogen) atoms. The number of amides is 2. The number of hydrogen-bond donors (Lipinski definition) is 2. The van der Waals surface area contributed by atoms with Gasteiger partial charge in [-0.2, -0.15) is 0 Å². The van der Waals surface area contributed by atoms with E-state index in [9.17, 15) is 9.59 Å². The second-order valence-electron chi connectivity index (χ2n) is 6.68. The zero-order valence-electron chi connectivity index (χ0n) is 12.9. The number of primary amides is 1. The molecule has 2 aliphatic rings. The van der Waals surface area contributed by atoms with Gasteiger partial charge in [0, 0.05) is 6.42 Å². The molecule has 1 aromatic carbocycles. The number of nitrogens with one attached hydrogen (secondary N) is 1. The minimum atomic E-state index is -1.01. The number of hydrogen-bond acceptors (Lipinski definition) is 2. The maximum absolute atomic E-state index is 12.5. The average molecular weight is 300 g/mol. The number of carbonyl (C=O) groups is 2. The van der Waals surface area contributed by atoms with Crippen LogP contribution in [0.3, 0.4) is 0 Å². The molecule has 0 bridgehead atoms. The molecular weight excluding hydrogens is 276 g/mol. The summed E-state index contributed by atoms with van der Waals surface area (Å²) in [5.41, 5.74) is 6.65. The Hall–Kier alpha value is -1.84. The quantitative estimate of drug-likeness (QED) is 0.896. The molecule has 0 saturated heterocycles. The van der Waals surface area contributed by atoms with Gasteiger partial charge in [0.05, 0.1) is 0 Å². The van der Waals surface area contributed by atoms with Crippen LogP contribution in [0.2, 0.25) is 0 Å². The number of fused-ring (bicyclic) bond motifs is 1. The van der Waals surface area contributed by atoms with Crippen molar-refractivity contribution in [1.29, 1.82) is 0 Å². The third-order valence-corrected chi connectivity index (χ3v) is 5.22. The summed E-state index contributed by atoms with van der Waals surface area (Å²) >= 11 is 0. The molecule has 1 saturated carbocycles. The van der Waals surface area contributed by atoms with Crippen molar-refractivity contribution in [3.05, 3.63) is 35.4 Å². The Labute approximate surface area is 131 Å². The lowest BCUT2D eigenvalue weighted by atomic mass is 9.85. The van der Waals surface area contributed by atoms with Crippen LogP contribution >= 0.6 is 0 Å². The highest BCUT2D eigenvalue weighted by molar-refractivity contribution is 5.92. The van der Waals surface area contributed by atoms with Crippen molar-refractivity contribution in [1.82, 2.24) is 5.32 Å². The van der Waals surface area contributed by atoms with Gasteiger partial charge in [0.15, 0.2) is 0 Å². The molecule has 0 radical (unpaired) electrons. The van der Waals surface area contributed by atoms with Crippen LogP contribution in [0.25, 0.3) is 0 Å². The second-order valence-corrected chi connectivity index (χ2v) is 6.68.